The van der Waals surface area contributed by atoms with Crippen molar-refractivity contribution in [3.05, 3.63) is 24.1 Å². The molecule has 0 saturated carbocycles. The molecule has 2 aromatic rings. The molecule has 94 valence electrons. The molecule has 0 radical (unpaired) electrons. The predicted molar refractivity (Wildman–Crippen MR) is 68.5 cm³/mol. The van der Waals surface area contributed by atoms with E-state index >= 15 is 0 Å². The van der Waals surface area contributed by atoms with Gasteiger partial charge in [-0.1, -0.05) is 0 Å². The van der Waals surface area contributed by atoms with Gasteiger partial charge in [-0.3, -0.25) is 4.79 Å². The van der Waals surface area contributed by atoms with Crippen molar-refractivity contribution in [3.63, 3.8) is 0 Å². The minimum absolute atomic E-state index is 0.0992. The van der Waals surface area contributed by atoms with E-state index in [1.807, 2.05) is 25.1 Å². The summed E-state index contributed by atoms with van der Waals surface area (Å²) < 4.78 is 5.48. The predicted octanol–water partition coefficient (Wildman–Crippen LogP) is 1.32. The van der Waals surface area contributed by atoms with Gasteiger partial charge in [-0.05, 0) is 12.1 Å². The van der Waals surface area contributed by atoms with Crippen molar-refractivity contribution in [3.8, 4) is 0 Å². The SMILES string of the molecule is Cc1nc2ccc(N(C)C(=O)C3CNC3)cc2o1. The van der Waals surface area contributed by atoms with Crippen molar-refractivity contribution in [1.29, 1.82) is 0 Å². The minimum atomic E-state index is 0.0992. The van der Waals surface area contributed by atoms with Gasteiger partial charge >= 0.3 is 0 Å². The van der Waals surface area contributed by atoms with Gasteiger partial charge < -0.3 is 14.6 Å². The molecular weight excluding hydrogens is 230 g/mol. The molecular formula is C13H15N3O2. The van der Waals surface area contributed by atoms with Crippen molar-refractivity contribution < 1.29 is 9.21 Å². The molecule has 1 amide bonds. The number of amides is 1. The van der Waals surface area contributed by atoms with Crippen LogP contribution in [-0.4, -0.2) is 31.0 Å². The lowest BCUT2D eigenvalue weighted by atomic mass is 10.0. The average Bonchev–Trinajstić information content (AvgIpc) is 2.64. The van der Waals surface area contributed by atoms with Crippen molar-refractivity contribution in [2.45, 2.75) is 6.92 Å². The fourth-order valence-electron chi connectivity index (χ4n) is 2.10. The molecule has 1 aromatic carbocycles. The van der Waals surface area contributed by atoms with Gasteiger partial charge in [0, 0.05) is 38.8 Å². The molecule has 0 atom stereocenters. The van der Waals surface area contributed by atoms with E-state index in [0.717, 1.165) is 29.9 Å². The summed E-state index contributed by atoms with van der Waals surface area (Å²) in [6, 6.07) is 5.64. The van der Waals surface area contributed by atoms with E-state index in [4.69, 9.17) is 4.42 Å². The molecule has 18 heavy (non-hydrogen) atoms. The Morgan fingerprint density at radius 3 is 2.94 bits per heavy atom. The van der Waals surface area contributed by atoms with E-state index in [-0.39, 0.29) is 11.8 Å². The molecule has 1 fully saturated rings. The van der Waals surface area contributed by atoms with Crippen LogP contribution in [-0.2, 0) is 4.79 Å². The first-order chi connectivity index (χ1) is 8.65. The maximum absolute atomic E-state index is 12.1. The van der Waals surface area contributed by atoms with Gasteiger partial charge in [0.2, 0.25) is 5.91 Å². The molecule has 3 rings (SSSR count). The average molecular weight is 245 g/mol. The maximum atomic E-state index is 12.1. The highest BCUT2D eigenvalue weighted by atomic mass is 16.3. The molecule has 1 aliphatic heterocycles. The van der Waals surface area contributed by atoms with Crippen LogP contribution in [0.3, 0.4) is 0 Å². The van der Waals surface area contributed by atoms with Crippen LogP contribution in [0.1, 0.15) is 5.89 Å². The summed E-state index contributed by atoms with van der Waals surface area (Å²) >= 11 is 0. The van der Waals surface area contributed by atoms with Crippen LogP contribution in [0, 0.1) is 12.8 Å². The Balaban J connectivity index is 1.90. The number of anilines is 1. The van der Waals surface area contributed by atoms with Crippen molar-refractivity contribution >= 4 is 22.7 Å². The van der Waals surface area contributed by atoms with Gasteiger partial charge in [0.25, 0.3) is 0 Å². The third-order valence-corrected chi connectivity index (χ3v) is 3.33. The minimum Gasteiger partial charge on any atom is -0.441 e. The Morgan fingerprint density at radius 2 is 2.28 bits per heavy atom. The molecule has 0 bridgehead atoms. The first kappa shape index (κ1) is 11.2. The number of benzene rings is 1. The molecule has 0 spiro atoms. The van der Waals surface area contributed by atoms with E-state index in [0.29, 0.717) is 5.89 Å². The summed E-state index contributed by atoms with van der Waals surface area (Å²) in [5.74, 6) is 0.880. The van der Waals surface area contributed by atoms with Crippen LogP contribution in [0.4, 0.5) is 5.69 Å². The highest BCUT2D eigenvalue weighted by Crippen LogP contribution is 2.23. The molecule has 0 aliphatic carbocycles. The quantitative estimate of drug-likeness (QED) is 0.867. The normalized spacial score (nSPS) is 15.7. The smallest absolute Gasteiger partial charge is 0.232 e. The lowest BCUT2D eigenvalue weighted by Crippen LogP contribution is -2.51. The number of aromatic nitrogens is 1. The Morgan fingerprint density at radius 1 is 1.50 bits per heavy atom. The topological polar surface area (TPSA) is 58.4 Å². The summed E-state index contributed by atoms with van der Waals surface area (Å²) in [5.41, 5.74) is 2.38. The third-order valence-electron chi connectivity index (χ3n) is 3.33. The van der Waals surface area contributed by atoms with Crippen LogP contribution < -0.4 is 10.2 Å². The third kappa shape index (κ3) is 1.76. The van der Waals surface area contributed by atoms with Crippen molar-refractivity contribution in [2.24, 2.45) is 5.92 Å². The Kier molecular flexibility index (Phi) is 2.56. The van der Waals surface area contributed by atoms with E-state index in [1.165, 1.54) is 0 Å². The van der Waals surface area contributed by atoms with Gasteiger partial charge in [0.1, 0.15) is 5.52 Å². The van der Waals surface area contributed by atoms with Crippen molar-refractivity contribution in [1.82, 2.24) is 10.3 Å². The summed E-state index contributed by atoms with van der Waals surface area (Å²) in [7, 11) is 1.80. The fourth-order valence-corrected chi connectivity index (χ4v) is 2.10. The number of carbonyl (C=O) groups is 1. The molecule has 1 aliphatic rings. The monoisotopic (exact) mass is 245 g/mol. The summed E-state index contributed by atoms with van der Waals surface area (Å²) in [6.07, 6.45) is 0. The molecule has 1 saturated heterocycles. The van der Waals surface area contributed by atoms with E-state index in [2.05, 4.69) is 10.3 Å². The summed E-state index contributed by atoms with van der Waals surface area (Å²) in [4.78, 5) is 18.0. The second-order valence-corrected chi connectivity index (χ2v) is 4.64. The highest BCUT2D eigenvalue weighted by molar-refractivity contribution is 5.96. The second-order valence-electron chi connectivity index (χ2n) is 4.64. The van der Waals surface area contributed by atoms with E-state index in [1.54, 1.807) is 11.9 Å². The highest BCUT2D eigenvalue weighted by Gasteiger charge is 2.28. The van der Waals surface area contributed by atoms with Crippen LogP contribution in [0.25, 0.3) is 11.1 Å². The first-order valence-corrected chi connectivity index (χ1v) is 6.00. The Hall–Kier alpha value is -1.88. The zero-order valence-electron chi connectivity index (χ0n) is 10.4. The number of nitrogens with zero attached hydrogens (tertiary/aromatic N) is 2. The molecule has 5 heteroatoms. The molecule has 5 nitrogen and oxygen atoms in total. The Labute approximate surface area is 105 Å². The first-order valence-electron chi connectivity index (χ1n) is 6.00. The molecule has 2 heterocycles. The number of carbonyl (C=O) groups excluding carboxylic acids is 1. The number of rotatable bonds is 2. The van der Waals surface area contributed by atoms with Gasteiger partial charge in [0.15, 0.2) is 11.5 Å². The maximum Gasteiger partial charge on any atom is 0.232 e. The van der Waals surface area contributed by atoms with Crippen LogP contribution >= 0.6 is 0 Å². The van der Waals surface area contributed by atoms with Crippen LogP contribution in [0.15, 0.2) is 22.6 Å². The zero-order chi connectivity index (χ0) is 12.7. The number of oxazole rings is 1. The van der Waals surface area contributed by atoms with Gasteiger partial charge in [0.05, 0.1) is 5.92 Å². The van der Waals surface area contributed by atoms with Gasteiger partial charge in [-0.15, -0.1) is 0 Å². The van der Waals surface area contributed by atoms with E-state index in [9.17, 15) is 4.79 Å². The number of nitrogens with one attached hydrogen (secondary N) is 1. The number of hydrogen-bond acceptors (Lipinski definition) is 4. The number of fused-ring (bicyclic) bond motifs is 1. The number of hydrogen-bond donors (Lipinski definition) is 1. The van der Waals surface area contributed by atoms with E-state index < -0.39 is 0 Å². The largest absolute Gasteiger partial charge is 0.441 e. The zero-order valence-corrected chi connectivity index (χ0v) is 10.4. The van der Waals surface area contributed by atoms with Gasteiger partial charge in [-0.2, -0.15) is 0 Å². The lowest BCUT2D eigenvalue weighted by Gasteiger charge is -2.30. The van der Waals surface area contributed by atoms with Gasteiger partial charge in [-0.25, -0.2) is 4.98 Å². The van der Waals surface area contributed by atoms with Crippen LogP contribution in [0.5, 0.6) is 0 Å². The second kappa shape index (κ2) is 4.10. The summed E-state index contributed by atoms with van der Waals surface area (Å²) in [6.45, 7) is 3.36. The molecule has 0 unspecified atom stereocenters. The lowest BCUT2D eigenvalue weighted by molar-refractivity contribution is -0.123. The Bertz CT molecular complexity index is 601. The standard InChI is InChI=1S/C13H15N3O2/c1-8-15-11-4-3-10(5-12(11)18-8)16(2)13(17)9-6-14-7-9/h3-5,9,14H,6-7H2,1-2H3. The van der Waals surface area contributed by atoms with Crippen molar-refractivity contribution in [2.75, 3.05) is 25.0 Å². The van der Waals surface area contributed by atoms with Crippen LogP contribution in [0.2, 0.25) is 0 Å². The number of aryl methyl sites for hydroxylation is 1. The summed E-state index contributed by atoms with van der Waals surface area (Å²) in [5, 5.41) is 3.11. The molecule has 1 aromatic heterocycles. The fraction of sp³-hybridized carbons (Fsp3) is 0.385. The molecule has 1 N–H and O–H groups in total.